The van der Waals surface area contributed by atoms with Gasteiger partial charge in [-0.05, 0) is 72.7 Å². The highest BCUT2D eigenvalue weighted by molar-refractivity contribution is 9.10. The number of hydrogen-bond acceptors (Lipinski definition) is 5. The van der Waals surface area contributed by atoms with Gasteiger partial charge in [0.2, 0.25) is 0 Å². The number of rotatable bonds is 9. The third-order valence-corrected chi connectivity index (χ3v) is 5.17. The van der Waals surface area contributed by atoms with Gasteiger partial charge in [-0.25, -0.2) is 4.79 Å². The number of carbonyl (C=O) groups excluding carboxylic acids is 1. The number of carbonyl (C=O) groups is 2. The molecule has 0 bridgehead atoms. The molecule has 0 atom stereocenters. The van der Waals surface area contributed by atoms with Gasteiger partial charge in [-0.2, -0.15) is 5.26 Å². The van der Waals surface area contributed by atoms with Crippen LogP contribution in [0.2, 0.25) is 0 Å². The average molecular weight is 521 g/mol. The Morgan fingerprint density at radius 3 is 2.35 bits per heavy atom. The van der Waals surface area contributed by atoms with Crippen molar-refractivity contribution in [1.29, 1.82) is 5.26 Å². The molecule has 1 amide bonds. The third-order valence-electron chi connectivity index (χ3n) is 4.64. The van der Waals surface area contributed by atoms with Gasteiger partial charge in [0, 0.05) is 10.2 Å². The Labute approximate surface area is 205 Å². The van der Waals surface area contributed by atoms with E-state index in [4.69, 9.17) is 14.6 Å². The second-order valence-electron chi connectivity index (χ2n) is 7.06. The minimum Gasteiger partial charge on any atom is -0.490 e. The van der Waals surface area contributed by atoms with Gasteiger partial charge in [-0.3, -0.25) is 4.79 Å². The van der Waals surface area contributed by atoms with E-state index >= 15 is 0 Å². The fourth-order valence-electron chi connectivity index (χ4n) is 2.95. The smallest absolute Gasteiger partial charge is 0.335 e. The van der Waals surface area contributed by atoms with Gasteiger partial charge in [-0.15, -0.1) is 0 Å². The fraction of sp³-hybridized carbons (Fsp3) is 0.115. The molecule has 2 N–H and O–H groups in total. The molecule has 3 rings (SSSR count). The minimum absolute atomic E-state index is 0.0972. The Balaban J connectivity index is 1.75. The van der Waals surface area contributed by atoms with E-state index in [0.717, 1.165) is 10.0 Å². The van der Waals surface area contributed by atoms with E-state index in [9.17, 15) is 14.9 Å². The van der Waals surface area contributed by atoms with Crippen molar-refractivity contribution >= 4 is 39.6 Å². The number of nitriles is 1. The Morgan fingerprint density at radius 1 is 1.03 bits per heavy atom. The molecule has 0 aliphatic carbocycles. The van der Waals surface area contributed by atoms with Gasteiger partial charge < -0.3 is 19.9 Å². The zero-order valence-electron chi connectivity index (χ0n) is 18.2. The predicted molar refractivity (Wildman–Crippen MR) is 132 cm³/mol. The lowest BCUT2D eigenvalue weighted by molar-refractivity contribution is -0.112. The summed E-state index contributed by atoms with van der Waals surface area (Å²) in [5.41, 5.74) is 1.94. The van der Waals surface area contributed by atoms with Crippen LogP contribution in [0.3, 0.4) is 0 Å². The fourth-order valence-corrected chi connectivity index (χ4v) is 3.22. The number of amides is 1. The third kappa shape index (κ3) is 6.70. The largest absolute Gasteiger partial charge is 0.490 e. The number of nitrogens with one attached hydrogen (secondary N) is 1. The van der Waals surface area contributed by atoms with Crippen LogP contribution in [0.4, 0.5) is 5.69 Å². The minimum atomic E-state index is -1.06. The van der Waals surface area contributed by atoms with Crippen molar-refractivity contribution in [2.45, 2.75) is 13.5 Å². The van der Waals surface area contributed by atoms with Gasteiger partial charge >= 0.3 is 5.97 Å². The molecule has 0 radical (unpaired) electrons. The number of nitrogens with zero attached hydrogens (tertiary/aromatic N) is 1. The van der Waals surface area contributed by atoms with Crippen molar-refractivity contribution in [3.8, 4) is 17.6 Å². The number of halogens is 1. The Morgan fingerprint density at radius 2 is 1.74 bits per heavy atom. The number of ether oxygens (including phenoxy) is 2. The standard InChI is InChI=1S/C26H21BrN2O5/c1-2-33-24-14-18(5-12-23(24)34-16-17-3-8-21(27)9-4-17)13-20(15-28)25(30)29-22-10-6-19(7-11-22)26(31)32/h3-14H,2,16H2,1H3,(H,29,30)(H,31,32)/b20-13+. The molecule has 8 heteroatoms. The highest BCUT2D eigenvalue weighted by Gasteiger charge is 2.12. The lowest BCUT2D eigenvalue weighted by Crippen LogP contribution is -2.13. The quantitative estimate of drug-likeness (QED) is 0.278. The van der Waals surface area contributed by atoms with Crippen LogP contribution in [-0.4, -0.2) is 23.6 Å². The van der Waals surface area contributed by atoms with Gasteiger partial charge in [0.05, 0.1) is 12.2 Å². The van der Waals surface area contributed by atoms with E-state index in [1.807, 2.05) is 37.3 Å². The van der Waals surface area contributed by atoms with Gasteiger partial charge in [-0.1, -0.05) is 34.1 Å². The Bertz CT molecular complexity index is 1250. The van der Waals surface area contributed by atoms with Crippen LogP contribution in [0.15, 0.2) is 76.8 Å². The summed E-state index contributed by atoms with van der Waals surface area (Å²) >= 11 is 3.40. The van der Waals surface area contributed by atoms with Crippen molar-refractivity contribution in [2.75, 3.05) is 11.9 Å². The maximum absolute atomic E-state index is 12.6. The van der Waals surface area contributed by atoms with Crippen molar-refractivity contribution in [2.24, 2.45) is 0 Å². The molecule has 0 heterocycles. The van der Waals surface area contributed by atoms with Crippen LogP contribution >= 0.6 is 15.9 Å². The lowest BCUT2D eigenvalue weighted by Gasteiger charge is -2.13. The maximum atomic E-state index is 12.6. The van der Waals surface area contributed by atoms with E-state index in [1.54, 1.807) is 18.2 Å². The molecule has 0 aliphatic heterocycles. The molecule has 3 aromatic rings. The highest BCUT2D eigenvalue weighted by atomic mass is 79.9. The number of benzene rings is 3. The lowest BCUT2D eigenvalue weighted by atomic mass is 10.1. The molecule has 3 aromatic carbocycles. The van der Waals surface area contributed by atoms with Crippen LogP contribution in [-0.2, 0) is 11.4 Å². The number of anilines is 1. The zero-order valence-corrected chi connectivity index (χ0v) is 19.8. The summed E-state index contributed by atoms with van der Waals surface area (Å²) in [5, 5.41) is 21.1. The molecule has 172 valence electrons. The summed E-state index contributed by atoms with van der Waals surface area (Å²) in [5.74, 6) is -0.636. The topological polar surface area (TPSA) is 109 Å². The van der Waals surface area contributed by atoms with Crippen molar-refractivity contribution < 1.29 is 24.2 Å². The molecule has 0 spiro atoms. The average Bonchev–Trinajstić information content (AvgIpc) is 2.83. The molecule has 34 heavy (non-hydrogen) atoms. The van der Waals surface area contributed by atoms with E-state index in [-0.39, 0.29) is 11.1 Å². The molecular weight excluding hydrogens is 500 g/mol. The molecule has 0 fully saturated rings. The molecule has 0 aliphatic rings. The number of carboxylic acid groups (broad SMARTS) is 1. The first-order valence-electron chi connectivity index (χ1n) is 10.3. The maximum Gasteiger partial charge on any atom is 0.335 e. The Kier molecular flexibility index (Phi) is 8.43. The first-order valence-corrected chi connectivity index (χ1v) is 11.1. The van der Waals surface area contributed by atoms with E-state index in [0.29, 0.717) is 36.0 Å². The normalized spacial score (nSPS) is 10.8. The van der Waals surface area contributed by atoms with E-state index in [2.05, 4.69) is 21.2 Å². The molecular formula is C26H21BrN2O5. The van der Waals surface area contributed by atoms with E-state index in [1.165, 1.54) is 30.3 Å². The van der Waals surface area contributed by atoms with Crippen LogP contribution in [0.25, 0.3) is 6.08 Å². The predicted octanol–water partition coefficient (Wildman–Crippen LogP) is 5.67. The van der Waals surface area contributed by atoms with Crippen LogP contribution in [0.5, 0.6) is 11.5 Å². The summed E-state index contributed by atoms with van der Waals surface area (Å²) in [6.45, 7) is 2.62. The molecule has 0 saturated heterocycles. The first-order chi connectivity index (χ1) is 16.4. The van der Waals surface area contributed by atoms with Crippen molar-refractivity contribution in [1.82, 2.24) is 0 Å². The van der Waals surface area contributed by atoms with Gasteiger partial charge in [0.1, 0.15) is 18.2 Å². The van der Waals surface area contributed by atoms with Gasteiger partial charge in [0.25, 0.3) is 5.91 Å². The van der Waals surface area contributed by atoms with Crippen molar-refractivity contribution in [3.63, 3.8) is 0 Å². The summed E-state index contributed by atoms with van der Waals surface area (Å²) < 4.78 is 12.6. The molecule has 0 unspecified atom stereocenters. The van der Waals surface area contributed by atoms with Crippen LogP contribution in [0.1, 0.15) is 28.4 Å². The number of hydrogen-bond donors (Lipinski definition) is 2. The summed E-state index contributed by atoms with van der Waals surface area (Å²) in [6, 6.07) is 20.5. The van der Waals surface area contributed by atoms with Crippen LogP contribution < -0.4 is 14.8 Å². The SMILES string of the molecule is CCOc1cc(/C=C(\C#N)C(=O)Nc2ccc(C(=O)O)cc2)ccc1OCc1ccc(Br)cc1. The van der Waals surface area contributed by atoms with E-state index < -0.39 is 11.9 Å². The van der Waals surface area contributed by atoms with Crippen molar-refractivity contribution in [3.05, 3.63) is 93.5 Å². The second-order valence-corrected chi connectivity index (χ2v) is 7.98. The monoisotopic (exact) mass is 520 g/mol. The molecule has 0 saturated carbocycles. The number of aromatic carboxylic acids is 1. The highest BCUT2D eigenvalue weighted by Crippen LogP contribution is 2.30. The zero-order chi connectivity index (χ0) is 24.5. The summed E-state index contributed by atoms with van der Waals surface area (Å²) in [7, 11) is 0. The second kappa shape index (κ2) is 11.7. The first kappa shape index (κ1) is 24.6. The summed E-state index contributed by atoms with van der Waals surface area (Å²) in [4.78, 5) is 23.5. The van der Waals surface area contributed by atoms with Gasteiger partial charge in [0.15, 0.2) is 11.5 Å². The molecule has 7 nitrogen and oxygen atoms in total. The molecule has 0 aromatic heterocycles. The van der Waals surface area contributed by atoms with Crippen LogP contribution in [0, 0.1) is 11.3 Å². The summed E-state index contributed by atoms with van der Waals surface area (Å²) in [6.07, 6.45) is 1.45. The number of carboxylic acids is 1. The Hall–Kier alpha value is -4.09.